The molecule has 0 amide bonds. The van der Waals surface area contributed by atoms with Crippen LogP contribution in [0, 0.1) is 0 Å². The van der Waals surface area contributed by atoms with Gasteiger partial charge < -0.3 is 9.80 Å². The van der Waals surface area contributed by atoms with Gasteiger partial charge in [0.05, 0.1) is 40.4 Å². The van der Waals surface area contributed by atoms with Crippen molar-refractivity contribution < 1.29 is 8.22 Å². The Labute approximate surface area is 483 Å². The molecule has 0 unspecified atom stereocenters. The minimum Gasteiger partial charge on any atom is -0.308 e. The lowest BCUT2D eigenvalue weighted by molar-refractivity contribution is 1.30. The van der Waals surface area contributed by atoms with Crippen LogP contribution in [0.15, 0.2) is 292 Å². The van der Waals surface area contributed by atoms with Crippen LogP contribution in [0.5, 0.6) is 0 Å². The van der Waals surface area contributed by atoms with Gasteiger partial charge in [-0.1, -0.05) is 231 Å². The molecule has 2 nitrogen and oxygen atoms in total. The van der Waals surface area contributed by atoms with E-state index in [1.807, 2.05) is 83.3 Å². The number of hydrogen-bond acceptors (Lipinski definition) is 4. The summed E-state index contributed by atoms with van der Waals surface area (Å²) in [7, 11) is 0. The van der Waals surface area contributed by atoms with Gasteiger partial charge in [0.25, 0.3) is 0 Å². The number of thiophene rings is 2. The molecule has 4 heteroatoms. The Kier molecular flexibility index (Phi) is 11.0. The smallest absolute Gasteiger partial charge is 0.0640 e. The van der Waals surface area contributed by atoms with Crippen molar-refractivity contribution in [2.45, 2.75) is 0 Å². The van der Waals surface area contributed by atoms with Crippen LogP contribution in [-0.4, -0.2) is 0 Å². The molecule has 2 heterocycles. The van der Waals surface area contributed by atoms with E-state index in [0.29, 0.717) is 11.1 Å². The van der Waals surface area contributed by atoms with Crippen LogP contribution < -0.4 is 9.80 Å². The largest absolute Gasteiger partial charge is 0.308 e. The van der Waals surface area contributed by atoms with Crippen LogP contribution in [0.1, 0.15) is 19.4 Å². The first-order chi connectivity index (χ1) is 42.1. The standard InChI is InChI=1S/C76H52N2S2/c1-3-51-29-33-55(34-30-51)59-41-47-69(67(49-59)57-17-7-5-8-18-57)77(71-25-15-23-65-63-21-11-13-27-73(63)79-75(65)71)61-43-37-53(38-44-61)54-39-45-62(46-40-54)78(72-26-16-24-66-64-22-12-14-28-74(64)80-76(66)72)70-48-42-60(56-35-31-52(4-2)32-36-56)50-68(70)58-19-9-6-10-20-58/h3-50H,1-2H2/i1D2,2D2,3D,4D. The first-order valence-corrected chi connectivity index (χ1v) is 28.3. The summed E-state index contributed by atoms with van der Waals surface area (Å²) in [5, 5.41) is 4.87. The minimum atomic E-state index is -0.513. The van der Waals surface area contributed by atoms with Crippen molar-refractivity contribution in [1.82, 2.24) is 0 Å². The van der Waals surface area contributed by atoms with Gasteiger partial charge in [0, 0.05) is 53.4 Å². The number of anilines is 6. The molecule has 0 spiro atoms. The minimum absolute atomic E-state index is 0.110. The van der Waals surface area contributed by atoms with Gasteiger partial charge in [-0.25, -0.2) is 0 Å². The van der Waals surface area contributed by atoms with Crippen LogP contribution in [0.25, 0.3) is 108 Å². The molecule has 2 aromatic heterocycles. The van der Waals surface area contributed by atoms with Crippen LogP contribution in [0.4, 0.5) is 34.1 Å². The third-order valence-corrected chi connectivity index (χ3v) is 17.6. The second-order valence-electron chi connectivity index (χ2n) is 19.9. The Morgan fingerprint density at radius 1 is 0.300 bits per heavy atom. The van der Waals surface area contributed by atoms with Crippen molar-refractivity contribution in [3.63, 3.8) is 0 Å². The van der Waals surface area contributed by atoms with Crippen LogP contribution in [-0.2, 0) is 0 Å². The maximum absolute atomic E-state index is 8.27. The average Bonchev–Trinajstić information content (AvgIpc) is 1.63. The van der Waals surface area contributed by atoms with Gasteiger partial charge in [-0.3, -0.25) is 0 Å². The molecular weight excluding hydrogens is 1000 g/mol. The van der Waals surface area contributed by atoms with E-state index in [1.54, 1.807) is 0 Å². The van der Waals surface area contributed by atoms with Crippen LogP contribution >= 0.6 is 22.7 Å². The first kappa shape index (κ1) is 42.2. The summed E-state index contributed by atoms with van der Waals surface area (Å²) in [5.41, 5.74) is 17.6. The number of fused-ring (bicyclic) bond motifs is 6. The van der Waals surface area contributed by atoms with Gasteiger partial charge in [-0.2, -0.15) is 0 Å². The summed E-state index contributed by atoms with van der Waals surface area (Å²) in [6, 6.07) is 97.5. The topological polar surface area (TPSA) is 6.48 Å². The second kappa shape index (κ2) is 20.8. The summed E-state index contributed by atoms with van der Waals surface area (Å²) < 4.78 is 52.3. The van der Waals surface area contributed by atoms with Gasteiger partial charge in [0.15, 0.2) is 0 Å². The van der Waals surface area contributed by atoms with Crippen molar-refractivity contribution in [3.8, 4) is 55.6 Å². The lowest BCUT2D eigenvalue weighted by Crippen LogP contribution is -2.12. The van der Waals surface area contributed by atoms with Gasteiger partial charge in [-0.05, 0) is 128 Å². The van der Waals surface area contributed by atoms with Gasteiger partial charge >= 0.3 is 0 Å². The summed E-state index contributed by atoms with van der Waals surface area (Å²) >= 11 is 3.62. The molecule has 0 radical (unpaired) electrons. The van der Waals surface area contributed by atoms with Crippen molar-refractivity contribution in [1.29, 1.82) is 0 Å². The predicted molar refractivity (Wildman–Crippen MR) is 349 cm³/mol. The molecule has 12 aromatic carbocycles. The molecule has 0 fully saturated rings. The Morgan fingerprint density at radius 3 is 1.06 bits per heavy atom. The monoisotopic (exact) mass is 1060 g/mol. The van der Waals surface area contributed by atoms with E-state index in [1.165, 1.54) is 40.3 Å². The zero-order chi connectivity index (χ0) is 58.4. The zero-order valence-electron chi connectivity index (χ0n) is 49.3. The Bertz CT molecular complexity index is 4600. The molecule has 14 aromatic rings. The van der Waals surface area contributed by atoms with E-state index < -0.39 is 13.1 Å². The first-order valence-electron chi connectivity index (χ1n) is 29.6. The molecule has 0 bridgehead atoms. The molecular formula is C76H52N2S2. The van der Waals surface area contributed by atoms with E-state index in [2.05, 4.69) is 228 Å². The fraction of sp³-hybridized carbons (Fsp3) is 0. The van der Waals surface area contributed by atoms with E-state index in [0.717, 1.165) is 89.8 Å². The number of benzene rings is 12. The van der Waals surface area contributed by atoms with E-state index in [9.17, 15) is 0 Å². The molecule has 14 rings (SSSR count). The molecule has 0 N–H and O–H groups in total. The van der Waals surface area contributed by atoms with Crippen molar-refractivity contribution in [2.24, 2.45) is 0 Å². The fourth-order valence-electron chi connectivity index (χ4n) is 11.2. The van der Waals surface area contributed by atoms with Crippen LogP contribution in [0.2, 0.25) is 0 Å². The van der Waals surface area contributed by atoms with Crippen molar-refractivity contribution in [3.05, 3.63) is 303 Å². The van der Waals surface area contributed by atoms with Gasteiger partial charge in [0.1, 0.15) is 0 Å². The predicted octanol–water partition coefficient (Wildman–Crippen LogP) is 23.0. The van der Waals surface area contributed by atoms with Crippen molar-refractivity contribution in [2.75, 3.05) is 9.80 Å². The number of hydrogen-bond donors (Lipinski definition) is 0. The molecule has 80 heavy (non-hydrogen) atoms. The Hall–Kier alpha value is -9.84. The van der Waals surface area contributed by atoms with Gasteiger partial charge in [0.2, 0.25) is 0 Å². The lowest BCUT2D eigenvalue weighted by atomic mass is 9.95. The van der Waals surface area contributed by atoms with E-state index >= 15 is 0 Å². The number of nitrogens with zero attached hydrogens (tertiary/aromatic N) is 2. The normalized spacial score (nSPS) is 12.3. The quantitative estimate of drug-likeness (QED) is 0.114. The maximum atomic E-state index is 8.27. The van der Waals surface area contributed by atoms with Crippen LogP contribution in [0.3, 0.4) is 0 Å². The van der Waals surface area contributed by atoms with Gasteiger partial charge in [-0.15, -0.1) is 22.7 Å². The SMILES string of the molecule is [2H]C([2H])=C([2H])c1ccc(-c2ccc(N(c3ccc(-c4ccc(N(c5ccc(-c6ccc(C([2H])=C([2H])[2H])cc6)cc5-c5ccccc5)c5cccc6c5sc5ccccc56)cc4)cc3)c3cccc4c3sc3ccccc34)c(-c3ccccc3)c2)cc1. The van der Waals surface area contributed by atoms with Crippen molar-refractivity contribution >= 4 is 109 Å². The van der Waals surface area contributed by atoms with E-state index in [-0.39, 0.29) is 12.1 Å². The maximum Gasteiger partial charge on any atom is 0.0640 e. The molecule has 0 aliphatic carbocycles. The second-order valence-corrected chi connectivity index (χ2v) is 22.0. The third-order valence-electron chi connectivity index (χ3n) is 15.2. The molecule has 0 saturated heterocycles. The molecule has 0 aliphatic heterocycles. The highest BCUT2D eigenvalue weighted by Crippen LogP contribution is 2.51. The summed E-state index contributed by atoms with van der Waals surface area (Å²) in [4.78, 5) is 4.80. The fourth-order valence-corrected chi connectivity index (χ4v) is 13.7. The highest BCUT2D eigenvalue weighted by Gasteiger charge is 2.24. The molecule has 0 aliphatic rings. The Balaban J connectivity index is 0.888. The highest BCUT2D eigenvalue weighted by molar-refractivity contribution is 7.26. The number of rotatable bonds is 13. The molecule has 378 valence electrons. The summed E-state index contributed by atoms with van der Waals surface area (Å²) in [6.45, 7) is -1.03. The Morgan fingerprint density at radius 2 is 0.650 bits per heavy atom. The summed E-state index contributed by atoms with van der Waals surface area (Å²) in [6.07, 6.45) is 0. The third kappa shape index (κ3) is 8.87. The van der Waals surface area contributed by atoms with E-state index in [4.69, 9.17) is 8.22 Å². The summed E-state index contributed by atoms with van der Waals surface area (Å²) in [5.74, 6) is 0. The lowest BCUT2D eigenvalue weighted by Gasteiger charge is -2.29. The highest BCUT2D eigenvalue weighted by atomic mass is 32.1. The molecule has 0 atom stereocenters. The zero-order valence-corrected chi connectivity index (χ0v) is 44.9. The molecule has 0 saturated carbocycles. The average molecular weight is 1060 g/mol.